The molecule has 0 saturated heterocycles. The third-order valence-electron chi connectivity index (χ3n) is 2.84. The van der Waals surface area contributed by atoms with Gasteiger partial charge in [-0.05, 0) is 11.1 Å². The van der Waals surface area contributed by atoms with Gasteiger partial charge in [0, 0.05) is 12.3 Å². The van der Waals surface area contributed by atoms with E-state index in [0.717, 1.165) is 0 Å². The van der Waals surface area contributed by atoms with Crippen molar-refractivity contribution < 1.29 is 0 Å². The highest BCUT2D eigenvalue weighted by molar-refractivity contribution is 6.27. The predicted molar refractivity (Wildman–Crippen MR) is 52.8 cm³/mol. The SMILES string of the molecule is CC1c2ccccc2CC1(Cl)C#N. The van der Waals surface area contributed by atoms with Crippen LogP contribution in [0.15, 0.2) is 24.3 Å². The highest BCUT2D eigenvalue weighted by atomic mass is 35.5. The molecular formula is C11H10ClN. The minimum atomic E-state index is -0.719. The van der Waals surface area contributed by atoms with E-state index in [2.05, 4.69) is 12.1 Å². The summed E-state index contributed by atoms with van der Waals surface area (Å²) in [7, 11) is 0. The molecule has 0 spiro atoms. The van der Waals surface area contributed by atoms with Gasteiger partial charge in [0.25, 0.3) is 0 Å². The highest BCUT2D eigenvalue weighted by Crippen LogP contribution is 2.44. The molecule has 0 aliphatic heterocycles. The van der Waals surface area contributed by atoms with Crippen LogP contribution in [0.4, 0.5) is 0 Å². The van der Waals surface area contributed by atoms with E-state index in [1.54, 1.807) is 0 Å². The number of nitriles is 1. The maximum atomic E-state index is 8.99. The lowest BCUT2D eigenvalue weighted by atomic mass is 9.95. The molecule has 0 amide bonds. The number of nitrogens with zero attached hydrogens (tertiary/aromatic N) is 1. The molecule has 1 nitrogen and oxygen atoms in total. The Hall–Kier alpha value is -1.00. The van der Waals surface area contributed by atoms with E-state index in [1.165, 1.54) is 11.1 Å². The Bertz CT molecular complexity index is 380. The van der Waals surface area contributed by atoms with Gasteiger partial charge in [-0.2, -0.15) is 5.26 Å². The summed E-state index contributed by atoms with van der Waals surface area (Å²) in [5.41, 5.74) is 2.44. The van der Waals surface area contributed by atoms with Crippen LogP contribution in [0.3, 0.4) is 0 Å². The third kappa shape index (κ3) is 1.14. The molecule has 2 atom stereocenters. The van der Waals surface area contributed by atoms with Crippen molar-refractivity contribution in [3.63, 3.8) is 0 Å². The summed E-state index contributed by atoms with van der Waals surface area (Å²) >= 11 is 6.21. The minimum absolute atomic E-state index is 0.135. The number of benzene rings is 1. The van der Waals surface area contributed by atoms with Crippen molar-refractivity contribution in [3.8, 4) is 6.07 Å². The maximum absolute atomic E-state index is 8.99. The topological polar surface area (TPSA) is 23.8 Å². The van der Waals surface area contributed by atoms with Gasteiger partial charge in [-0.25, -0.2) is 0 Å². The number of rotatable bonds is 0. The Morgan fingerprint density at radius 3 is 2.85 bits per heavy atom. The van der Waals surface area contributed by atoms with Crippen LogP contribution >= 0.6 is 11.6 Å². The summed E-state index contributed by atoms with van der Waals surface area (Å²) in [6.07, 6.45) is 0.669. The van der Waals surface area contributed by atoms with Gasteiger partial charge < -0.3 is 0 Å². The fourth-order valence-electron chi connectivity index (χ4n) is 1.93. The lowest BCUT2D eigenvalue weighted by Gasteiger charge is -2.17. The van der Waals surface area contributed by atoms with E-state index in [0.29, 0.717) is 6.42 Å². The van der Waals surface area contributed by atoms with Crippen LogP contribution in [-0.4, -0.2) is 4.87 Å². The average Bonchev–Trinajstić information content (AvgIpc) is 2.41. The normalized spacial score (nSPS) is 31.0. The molecule has 66 valence electrons. The fourth-order valence-corrected chi connectivity index (χ4v) is 2.19. The van der Waals surface area contributed by atoms with Crippen LogP contribution in [0.2, 0.25) is 0 Å². The molecule has 1 aromatic carbocycles. The zero-order valence-corrected chi connectivity index (χ0v) is 8.17. The molecule has 1 aromatic rings. The molecule has 0 aromatic heterocycles. The predicted octanol–water partition coefficient (Wildman–Crippen LogP) is 2.85. The molecule has 2 unspecified atom stereocenters. The van der Waals surface area contributed by atoms with Crippen molar-refractivity contribution in [3.05, 3.63) is 35.4 Å². The molecule has 0 bridgehead atoms. The summed E-state index contributed by atoms with van der Waals surface area (Å²) < 4.78 is 0. The Balaban J connectivity index is 2.51. The van der Waals surface area contributed by atoms with Crippen LogP contribution < -0.4 is 0 Å². The number of hydrogen-bond donors (Lipinski definition) is 0. The summed E-state index contributed by atoms with van der Waals surface area (Å²) in [6, 6.07) is 10.3. The summed E-state index contributed by atoms with van der Waals surface area (Å²) in [6.45, 7) is 2.02. The number of fused-ring (bicyclic) bond motifs is 1. The van der Waals surface area contributed by atoms with Gasteiger partial charge >= 0.3 is 0 Å². The third-order valence-corrected chi connectivity index (χ3v) is 3.39. The van der Waals surface area contributed by atoms with Gasteiger partial charge in [0.05, 0.1) is 6.07 Å². The molecule has 1 aliphatic rings. The van der Waals surface area contributed by atoms with E-state index in [9.17, 15) is 0 Å². The molecule has 2 rings (SSSR count). The van der Waals surface area contributed by atoms with E-state index in [1.807, 2.05) is 25.1 Å². The lowest BCUT2D eigenvalue weighted by Crippen LogP contribution is -2.22. The first kappa shape index (κ1) is 8.59. The molecule has 0 fully saturated rings. The minimum Gasteiger partial charge on any atom is -0.196 e. The first-order chi connectivity index (χ1) is 6.17. The van der Waals surface area contributed by atoms with Gasteiger partial charge in [0.1, 0.15) is 4.87 Å². The van der Waals surface area contributed by atoms with E-state index in [-0.39, 0.29) is 5.92 Å². The molecular weight excluding hydrogens is 182 g/mol. The average molecular weight is 192 g/mol. The number of alkyl halides is 1. The van der Waals surface area contributed by atoms with Gasteiger partial charge in [-0.1, -0.05) is 31.2 Å². The Morgan fingerprint density at radius 2 is 2.23 bits per heavy atom. The second kappa shape index (κ2) is 2.75. The smallest absolute Gasteiger partial charge is 0.141 e. The highest BCUT2D eigenvalue weighted by Gasteiger charge is 2.42. The fraction of sp³-hybridized carbons (Fsp3) is 0.364. The van der Waals surface area contributed by atoms with Crippen molar-refractivity contribution in [2.45, 2.75) is 24.1 Å². The molecule has 2 heteroatoms. The van der Waals surface area contributed by atoms with Crippen LogP contribution in [0, 0.1) is 11.3 Å². The van der Waals surface area contributed by atoms with Gasteiger partial charge in [0.2, 0.25) is 0 Å². The second-order valence-corrected chi connectivity index (χ2v) is 4.25. The molecule has 0 N–H and O–H groups in total. The first-order valence-electron chi connectivity index (χ1n) is 4.35. The van der Waals surface area contributed by atoms with Crippen LogP contribution in [-0.2, 0) is 6.42 Å². The van der Waals surface area contributed by atoms with Crippen molar-refractivity contribution >= 4 is 11.6 Å². The quantitative estimate of drug-likeness (QED) is 0.579. The summed E-state index contributed by atoms with van der Waals surface area (Å²) in [5.74, 6) is 0.135. The Kier molecular flexibility index (Phi) is 1.82. The van der Waals surface area contributed by atoms with E-state index >= 15 is 0 Å². The lowest BCUT2D eigenvalue weighted by molar-refractivity contribution is 0.643. The molecule has 0 heterocycles. The van der Waals surface area contributed by atoms with Crippen LogP contribution in [0.5, 0.6) is 0 Å². The van der Waals surface area contributed by atoms with Gasteiger partial charge in [-0.15, -0.1) is 11.6 Å². The van der Waals surface area contributed by atoms with Crippen LogP contribution in [0.25, 0.3) is 0 Å². The Morgan fingerprint density at radius 1 is 1.54 bits per heavy atom. The van der Waals surface area contributed by atoms with Gasteiger partial charge in [-0.3, -0.25) is 0 Å². The van der Waals surface area contributed by atoms with Crippen molar-refractivity contribution in [1.82, 2.24) is 0 Å². The number of hydrogen-bond acceptors (Lipinski definition) is 1. The van der Waals surface area contributed by atoms with Crippen LogP contribution in [0.1, 0.15) is 24.0 Å². The van der Waals surface area contributed by atoms with Crippen molar-refractivity contribution in [2.75, 3.05) is 0 Å². The largest absolute Gasteiger partial charge is 0.196 e. The van der Waals surface area contributed by atoms with E-state index in [4.69, 9.17) is 16.9 Å². The zero-order chi connectivity index (χ0) is 9.47. The summed E-state index contributed by atoms with van der Waals surface area (Å²) in [5, 5.41) is 8.99. The second-order valence-electron chi connectivity index (χ2n) is 3.57. The summed E-state index contributed by atoms with van der Waals surface area (Å²) in [4.78, 5) is -0.719. The van der Waals surface area contributed by atoms with Gasteiger partial charge in [0.15, 0.2) is 0 Å². The monoisotopic (exact) mass is 191 g/mol. The Labute approximate surface area is 82.9 Å². The molecule has 13 heavy (non-hydrogen) atoms. The molecule has 0 radical (unpaired) electrons. The molecule has 0 saturated carbocycles. The van der Waals surface area contributed by atoms with E-state index < -0.39 is 4.87 Å². The maximum Gasteiger partial charge on any atom is 0.141 e. The standard InChI is InChI=1S/C11H10ClN/c1-8-10-5-3-2-4-9(10)6-11(8,12)7-13/h2-5,8H,6H2,1H3. The zero-order valence-electron chi connectivity index (χ0n) is 7.42. The van der Waals surface area contributed by atoms with Crippen molar-refractivity contribution in [1.29, 1.82) is 5.26 Å². The first-order valence-corrected chi connectivity index (χ1v) is 4.73. The number of halogens is 1. The van der Waals surface area contributed by atoms with Crippen molar-refractivity contribution in [2.24, 2.45) is 0 Å². The molecule has 1 aliphatic carbocycles.